The zero-order valence-electron chi connectivity index (χ0n) is 12.5. The summed E-state index contributed by atoms with van der Waals surface area (Å²) < 4.78 is 2.07. The van der Waals surface area contributed by atoms with Gasteiger partial charge in [0.1, 0.15) is 7.05 Å². The van der Waals surface area contributed by atoms with E-state index in [1.807, 2.05) is 31.5 Å². The van der Waals surface area contributed by atoms with Crippen molar-refractivity contribution in [2.24, 2.45) is 7.05 Å². The van der Waals surface area contributed by atoms with Gasteiger partial charge in [-0.05, 0) is 54.1 Å². The first kappa shape index (κ1) is 17.6. The molecule has 116 valence electrons. The zero-order chi connectivity index (χ0) is 15.5. The van der Waals surface area contributed by atoms with Crippen molar-refractivity contribution in [3.8, 4) is 0 Å². The van der Waals surface area contributed by atoms with Gasteiger partial charge in [-0.3, -0.25) is 4.79 Å². The molecule has 2 nitrogen and oxygen atoms in total. The van der Waals surface area contributed by atoms with Gasteiger partial charge in [0.15, 0.2) is 12.0 Å². The number of carbonyl (C=O) groups excluding carboxylic acids is 1. The van der Waals surface area contributed by atoms with Crippen LogP contribution in [-0.2, 0) is 7.05 Å². The molecule has 0 amide bonds. The number of allylic oxidation sites excluding steroid dienone is 1. The summed E-state index contributed by atoms with van der Waals surface area (Å²) in [5.41, 5.74) is 2.79. The number of aromatic nitrogens is 1. The average molecular weight is 436 g/mol. The fraction of sp³-hybridized carbons (Fsp3) is 0.0526. The number of halogens is 2. The Balaban J connectivity index is 0.00000192. The number of hydrogen-bond donors (Lipinski definition) is 0. The lowest BCUT2D eigenvalue weighted by molar-refractivity contribution is -0.644. The Hall–Kier alpha value is -1.72. The number of rotatable bonds is 3. The van der Waals surface area contributed by atoms with Crippen LogP contribution in [0.25, 0.3) is 17.0 Å². The van der Waals surface area contributed by atoms with Gasteiger partial charge in [0, 0.05) is 28.1 Å². The average Bonchev–Trinajstić information content (AvgIpc) is 2.53. The lowest BCUT2D eigenvalue weighted by Gasteiger charge is -1.99. The Kier molecular flexibility index (Phi) is 5.91. The van der Waals surface area contributed by atoms with Gasteiger partial charge < -0.3 is 24.0 Å². The third-order valence-electron chi connectivity index (χ3n) is 3.57. The number of nitrogens with zero attached hydrogens (tertiary/aromatic N) is 1. The molecule has 0 fully saturated rings. The van der Waals surface area contributed by atoms with Gasteiger partial charge in [-0.25, -0.2) is 4.57 Å². The minimum absolute atomic E-state index is 0. The van der Waals surface area contributed by atoms with Crippen LogP contribution in [-0.4, -0.2) is 5.78 Å². The third-order valence-corrected chi connectivity index (χ3v) is 3.82. The van der Waals surface area contributed by atoms with E-state index < -0.39 is 0 Å². The summed E-state index contributed by atoms with van der Waals surface area (Å²) >= 11 is 5.83. The lowest BCUT2D eigenvalue weighted by atomic mass is 10.1. The first-order valence-corrected chi connectivity index (χ1v) is 7.38. The predicted octanol–water partition coefficient (Wildman–Crippen LogP) is 1.22. The molecule has 0 aliphatic carbocycles. The van der Waals surface area contributed by atoms with E-state index in [1.54, 1.807) is 30.3 Å². The van der Waals surface area contributed by atoms with Crippen LogP contribution in [0.4, 0.5) is 0 Å². The first-order valence-electron chi connectivity index (χ1n) is 7.00. The van der Waals surface area contributed by atoms with E-state index in [4.69, 9.17) is 11.6 Å². The van der Waals surface area contributed by atoms with Crippen molar-refractivity contribution in [1.82, 2.24) is 0 Å². The molecular formula is C19H15ClINO. The highest BCUT2D eigenvalue weighted by Crippen LogP contribution is 2.14. The predicted molar refractivity (Wildman–Crippen MR) is 89.9 cm³/mol. The van der Waals surface area contributed by atoms with Gasteiger partial charge >= 0.3 is 0 Å². The van der Waals surface area contributed by atoms with Gasteiger partial charge in [-0.1, -0.05) is 17.7 Å². The summed E-state index contributed by atoms with van der Waals surface area (Å²) in [7, 11) is 2.02. The molecule has 1 aromatic heterocycles. The minimum atomic E-state index is -0.0321. The van der Waals surface area contributed by atoms with E-state index in [2.05, 4.69) is 22.8 Å². The summed E-state index contributed by atoms with van der Waals surface area (Å²) in [5, 5.41) is 1.77. The number of aryl methyl sites for hydroxylation is 1. The number of hydrogen-bond acceptors (Lipinski definition) is 1. The normalized spacial score (nSPS) is 10.7. The Labute approximate surface area is 157 Å². The molecule has 0 radical (unpaired) electrons. The second-order valence-corrected chi connectivity index (χ2v) is 5.58. The van der Waals surface area contributed by atoms with Crippen molar-refractivity contribution < 1.29 is 33.3 Å². The van der Waals surface area contributed by atoms with Crippen molar-refractivity contribution in [3.05, 3.63) is 83.0 Å². The van der Waals surface area contributed by atoms with E-state index in [0.717, 1.165) is 16.5 Å². The molecule has 0 aliphatic rings. The van der Waals surface area contributed by atoms with Crippen LogP contribution in [0.5, 0.6) is 0 Å². The third kappa shape index (κ3) is 4.18. The van der Waals surface area contributed by atoms with Gasteiger partial charge in [0.2, 0.25) is 5.52 Å². The maximum absolute atomic E-state index is 12.1. The SMILES string of the molecule is C[n+]1cccc2cc(/C=C/C(=O)c3ccc(Cl)cc3)ccc21.[I-]. The van der Waals surface area contributed by atoms with Crippen LogP contribution in [0.15, 0.2) is 66.9 Å². The lowest BCUT2D eigenvalue weighted by Crippen LogP contribution is -3.00. The molecule has 0 saturated carbocycles. The molecule has 0 atom stereocenters. The summed E-state index contributed by atoms with van der Waals surface area (Å²) in [6.45, 7) is 0. The Morgan fingerprint density at radius 1 is 1.09 bits per heavy atom. The second kappa shape index (κ2) is 7.70. The standard InChI is InChI=1S/C19H15ClNO.HI/c1-21-12-2-3-16-13-14(4-10-18(16)21)5-11-19(22)15-6-8-17(20)9-7-15;/h2-13H,1H3;1H/q+1;/p-1/b11-5+;. The summed E-state index contributed by atoms with van der Waals surface area (Å²) in [4.78, 5) is 12.1. The highest BCUT2D eigenvalue weighted by Gasteiger charge is 2.04. The van der Waals surface area contributed by atoms with Crippen molar-refractivity contribution >= 4 is 34.4 Å². The van der Waals surface area contributed by atoms with Crippen LogP contribution in [0.1, 0.15) is 15.9 Å². The Morgan fingerprint density at radius 3 is 2.57 bits per heavy atom. The van der Waals surface area contributed by atoms with Crippen molar-refractivity contribution in [2.45, 2.75) is 0 Å². The summed E-state index contributed by atoms with van der Waals surface area (Å²) in [5.74, 6) is -0.0321. The summed E-state index contributed by atoms with van der Waals surface area (Å²) in [6, 6.07) is 17.1. The number of pyridine rings is 1. The second-order valence-electron chi connectivity index (χ2n) is 5.14. The van der Waals surface area contributed by atoms with Crippen LogP contribution >= 0.6 is 11.6 Å². The highest BCUT2D eigenvalue weighted by atomic mass is 127. The van der Waals surface area contributed by atoms with Crippen LogP contribution in [0.2, 0.25) is 5.02 Å². The topological polar surface area (TPSA) is 20.9 Å². The minimum Gasteiger partial charge on any atom is -1.00 e. The van der Waals surface area contributed by atoms with E-state index in [-0.39, 0.29) is 29.8 Å². The van der Waals surface area contributed by atoms with E-state index in [9.17, 15) is 4.79 Å². The molecule has 0 bridgehead atoms. The van der Waals surface area contributed by atoms with Gasteiger partial charge in [0.25, 0.3) is 0 Å². The molecule has 3 rings (SSSR count). The van der Waals surface area contributed by atoms with E-state index in [1.165, 1.54) is 0 Å². The molecule has 0 spiro atoms. The molecule has 4 heteroatoms. The molecule has 1 heterocycles. The van der Waals surface area contributed by atoms with E-state index in [0.29, 0.717) is 10.6 Å². The monoisotopic (exact) mass is 435 g/mol. The number of carbonyl (C=O) groups is 1. The van der Waals surface area contributed by atoms with Crippen LogP contribution in [0.3, 0.4) is 0 Å². The van der Waals surface area contributed by atoms with Crippen molar-refractivity contribution in [3.63, 3.8) is 0 Å². The Bertz CT molecular complexity index is 872. The number of fused-ring (bicyclic) bond motifs is 1. The smallest absolute Gasteiger partial charge is 0.212 e. The van der Waals surface area contributed by atoms with Gasteiger partial charge in [0.05, 0.1) is 0 Å². The molecule has 23 heavy (non-hydrogen) atoms. The first-order chi connectivity index (χ1) is 10.6. The largest absolute Gasteiger partial charge is 1.00 e. The Morgan fingerprint density at radius 2 is 1.83 bits per heavy atom. The maximum atomic E-state index is 12.1. The van der Waals surface area contributed by atoms with E-state index >= 15 is 0 Å². The fourth-order valence-electron chi connectivity index (χ4n) is 2.37. The maximum Gasteiger partial charge on any atom is 0.212 e. The quantitative estimate of drug-likeness (QED) is 0.262. The molecule has 0 aliphatic heterocycles. The fourth-order valence-corrected chi connectivity index (χ4v) is 2.50. The molecule has 2 aromatic carbocycles. The van der Waals surface area contributed by atoms with Gasteiger partial charge in [-0.2, -0.15) is 0 Å². The van der Waals surface area contributed by atoms with Gasteiger partial charge in [-0.15, -0.1) is 0 Å². The molecule has 3 aromatic rings. The molecule has 0 N–H and O–H groups in total. The number of ketones is 1. The van der Waals surface area contributed by atoms with Crippen LogP contribution < -0.4 is 28.5 Å². The van der Waals surface area contributed by atoms with Crippen molar-refractivity contribution in [1.29, 1.82) is 0 Å². The molecule has 0 saturated heterocycles. The molecule has 0 unspecified atom stereocenters. The van der Waals surface area contributed by atoms with Crippen LogP contribution in [0, 0.1) is 0 Å². The van der Waals surface area contributed by atoms with Crippen molar-refractivity contribution in [2.75, 3.05) is 0 Å². The molecular weight excluding hydrogens is 421 g/mol. The highest BCUT2D eigenvalue weighted by molar-refractivity contribution is 6.30. The summed E-state index contributed by atoms with van der Waals surface area (Å²) in [6.07, 6.45) is 5.44. The number of benzene rings is 2. The zero-order valence-corrected chi connectivity index (χ0v) is 15.5.